The molecule has 2 aromatic rings. The van der Waals surface area contributed by atoms with E-state index in [9.17, 15) is 0 Å². The molecule has 1 unspecified atom stereocenters. The lowest BCUT2D eigenvalue weighted by Crippen LogP contribution is -2.32. The Kier molecular flexibility index (Phi) is 4.54. The highest BCUT2D eigenvalue weighted by molar-refractivity contribution is 6.28. The molecule has 7 heteroatoms. The van der Waals surface area contributed by atoms with Gasteiger partial charge in [-0.15, -0.1) is 0 Å². The topological polar surface area (TPSA) is 59.7 Å². The Morgan fingerprint density at radius 3 is 2.60 bits per heavy atom. The first-order chi connectivity index (χ1) is 9.47. The second-order valence-electron chi connectivity index (χ2n) is 5.24. The predicted molar refractivity (Wildman–Crippen MR) is 79.3 cm³/mol. The van der Waals surface area contributed by atoms with E-state index >= 15 is 0 Å². The van der Waals surface area contributed by atoms with E-state index in [0.29, 0.717) is 23.9 Å². The van der Waals surface area contributed by atoms with E-state index < -0.39 is 0 Å². The van der Waals surface area contributed by atoms with Crippen molar-refractivity contribution in [1.82, 2.24) is 24.7 Å². The monoisotopic (exact) mass is 294 g/mol. The van der Waals surface area contributed by atoms with Crippen LogP contribution < -0.4 is 4.90 Å². The largest absolute Gasteiger partial charge is 0.341 e. The molecule has 0 saturated carbocycles. The molecule has 6 nitrogen and oxygen atoms in total. The summed E-state index contributed by atoms with van der Waals surface area (Å²) in [6.07, 6.45) is 4.49. The van der Waals surface area contributed by atoms with Crippen LogP contribution in [0, 0.1) is 5.92 Å². The third-order valence-corrected chi connectivity index (χ3v) is 3.25. The molecule has 0 spiro atoms. The van der Waals surface area contributed by atoms with Gasteiger partial charge in [-0.05, 0) is 36.9 Å². The molecule has 0 saturated heterocycles. The number of hydrogen-bond donors (Lipinski definition) is 0. The minimum absolute atomic E-state index is 0.170. The standard InChI is InChI=1S/C13H19ClN6/c1-9(2)8-10(3)19(4)12-16-11(14)17-13(18-12)20-7-5-6-15-20/h5-7,9-10H,8H2,1-4H3. The molecule has 0 bridgehead atoms. The fourth-order valence-electron chi connectivity index (χ4n) is 2.01. The fourth-order valence-corrected chi connectivity index (χ4v) is 2.17. The summed E-state index contributed by atoms with van der Waals surface area (Å²) in [4.78, 5) is 14.7. The van der Waals surface area contributed by atoms with Gasteiger partial charge in [0.1, 0.15) is 0 Å². The van der Waals surface area contributed by atoms with Gasteiger partial charge in [0.15, 0.2) is 0 Å². The van der Waals surface area contributed by atoms with Crippen LogP contribution in [0.1, 0.15) is 27.2 Å². The van der Waals surface area contributed by atoms with E-state index in [1.165, 1.54) is 0 Å². The molecular formula is C13H19ClN6. The zero-order valence-electron chi connectivity index (χ0n) is 12.2. The van der Waals surface area contributed by atoms with E-state index in [4.69, 9.17) is 11.6 Å². The van der Waals surface area contributed by atoms with Crippen molar-refractivity contribution in [1.29, 1.82) is 0 Å². The quantitative estimate of drug-likeness (QED) is 0.848. The van der Waals surface area contributed by atoms with Crippen LogP contribution in [-0.4, -0.2) is 37.8 Å². The Hall–Kier alpha value is -1.69. The van der Waals surface area contributed by atoms with E-state index in [2.05, 4.69) is 40.8 Å². The molecule has 2 aromatic heterocycles. The molecule has 2 heterocycles. The number of hydrogen-bond acceptors (Lipinski definition) is 5. The van der Waals surface area contributed by atoms with E-state index in [0.717, 1.165) is 6.42 Å². The lowest BCUT2D eigenvalue weighted by atomic mass is 10.0. The van der Waals surface area contributed by atoms with Gasteiger partial charge in [0, 0.05) is 25.5 Å². The van der Waals surface area contributed by atoms with Crippen molar-refractivity contribution in [2.75, 3.05) is 11.9 Å². The van der Waals surface area contributed by atoms with Crippen LogP contribution in [0.2, 0.25) is 5.28 Å². The summed E-state index contributed by atoms with van der Waals surface area (Å²) >= 11 is 5.99. The maximum atomic E-state index is 5.99. The average molecular weight is 295 g/mol. The van der Waals surface area contributed by atoms with Gasteiger partial charge >= 0.3 is 0 Å². The molecule has 0 aliphatic carbocycles. The number of aromatic nitrogens is 5. The zero-order valence-corrected chi connectivity index (χ0v) is 12.9. The second kappa shape index (κ2) is 6.17. The van der Waals surface area contributed by atoms with Gasteiger partial charge in [-0.1, -0.05) is 13.8 Å². The van der Waals surface area contributed by atoms with Crippen LogP contribution in [-0.2, 0) is 0 Å². The highest BCUT2D eigenvalue weighted by Crippen LogP contribution is 2.17. The Balaban J connectivity index is 2.28. The van der Waals surface area contributed by atoms with Crippen LogP contribution in [0.5, 0.6) is 0 Å². The third-order valence-electron chi connectivity index (χ3n) is 3.08. The molecule has 20 heavy (non-hydrogen) atoms. The van der Waals surface area contributed by atoms with Crippen LogP contribution in [0.15, 0.2) is 18.5 Å². The summed E-state index contributed by atoms with van der Waals surface area (Å²) in [7, 11) is 1.96. The van der Waals surface area contributed by atoms with E-state index in [1.54, 1.807) is 17.1 Å². The molecule has 1 atom stereocenters. The third kappa shape index (κ3) is 3.45. The lowest BCUT2D eigenvalue weighted by molar-refractivity contribution is 0.499. The molecule has 108 valence electrons. The van der Waals surface area contributed by atoms with Crippen molar-refractivity contribution < 1.29 is 0 Å². The van der Waals surface area contributed by atoms with Crippen LogP contribution in [0.25, 0.3) is 5.95 Å². The molecule has 2 rings (SSSR count). The minimum Gasteiger partial charge on any atom is -0.341 e. The molecule has 0 aliphatic rings. The summed E-state index contributed by atoms with van der Waals surface area (Å²) in [6.45, 7) is 6.53. The highest BCUT2D eigenvalue weighted by Gasteiger charge is 2.16. The van der Waals surface area contributed by atoms with Gasteiger partial charge in [0.2, 0.25) is 11.2 Å². The number of nitrogens with zero attached hydrogens (tertiary/aromatic N) is 6. The van der Waals surface area contributed by atoms with Crippen molar-refractivity contribution in [3.63, 3.8) is 0 Å². The zero-order chi connectivity index (χ0) is 14.7. The first-order valence-electron chi connectivity index (χ1n) is 6.61. The molecule has 0 amide bonds. The summed E-state index contributed by atoms with van der Waals surface area (Å²) in [5.41, 5.74) is 0. The van der Waals surface area contributed by atoms with E-state index in [1.807, 2.05) is 18.0 Å². The number of halogens is 1. The fraction of sp³-hybridized carbons (Fsp3) is 0.538. The van der Waals surface area contributed by atoms with E-state index in [-0.39, 0.29) is 5.28 Å². The average Bonchev–Trinajstić information content (AvgIpc) is 2.90. The molecule has 0 radical (unpaired) electrons. The van der Waals surface area contributed by atoms with Crippen LogP contribution in [0.4, 0.5) is 5.95 Å². The van der Waals surface area contributed by atoms with Gasteiger partial charge in [-0.25, -0.2) is 4.68 Å². The first kappa shape index (κ1) is 14.7. The van der Waals surface area contributed by atoms with Gasteiger partial charge < -0.3 is 4.90 Å². The second-order valence-corrected chi connectivity index (χ2v) is 5.58. The van der Waals surface area contributed by atoms with Crippen LogP contribution >= 0.6 is 11.6 Å². The van der Waals surface area contributed by atoms with Crippen molar-refractivity contribution >= 4 is 17.5 Å². The maximum absolute atomic E-state index is 5.99. The Bertz CT molecular complexity index is 554. The summed E-state index contributed by atoms with van der Waals surface area (Å²) in [5, 5.41) is 4.28. The van der Waals surface area contributed by atoms with Crippen molar-refractivity contribution in [3.05, 3.63) is 23.7 Å². The Morgan fingerprint density at radius 1 is 1.25 bits per heavy atom. The first-order valence-corrected chi connectivity index (χ1v) is 6.99. The smallest absolute Gasteiger partial charge is 0.256 e. The molecule has 0 fully saturated rings. The Labute approximate surface area is 123 Å². The van der Waals surface area contributed by atoms with Crippen LogP contribution in [0.3, 0.4) is 0 Å². The summed E-state index contributed by atoms with van der Waals surface area (Å²) in [6, 6.07) is 2.13. The minimum atomic E-state index is 0.170. The summed E-state index contributed by atoms with van der Waals surface area (Å²) in [5.74, 6) is 1.59. The van der Waals surface area contributed by atoms with Gasteiger partial charge in [0.05, 0.1) is 0 Å². The Morgan fingerprint density at radius 2 is 2.00 bits per heavy atom. The maximum Gasteiger partial charge on any atom is 0.256 e. The van der Waals surface area contributed by atoms with Gasteiger partial charge in [-0.3, -0.25) is 0 Å². The number of anilines is 1. The van der Waals surface area contributed by atoms with Crippen molar-refractivity contribution in [2.45, 2.75) is 33.2 Å². The molecule has 0 aliphatic heterocycles. The van der Waals surface area contributed by atoms with Crippen molar-refractivity contribution in [3.8, 4) is 5.95 Å². The van der Waals surface area contributed by atoms with Crippen molar-refractivity contribution in [2.24, 2.45) is 5.92 Å². The van der Waals surface area contributed by atoms with Gasteiger partial charge in [-0.2, -0.15) is 20.1 Å². The molecule has 0 aromatic carbocycles. The normalized spacial score (nSPS) is 12.7. The van der Waals surface area contributed by atoms with Gasteiger partial charge in [0.25, 0.3) is 5.95 Å². The summed E-state index contributed by atoms with van der Waals surface area (Å²) < 4.78 is 1.57. The predicted octanol–water partition coefficient (Wildman–Crippen LogP) is 2.58. The highest BCUT2D eigenvalue weighted by atomic mass is 35.5. The lowest BCUT2D eigenvalue weighted by Gasteiger charge is -2.26. The molecular weight excluding hydrogens is 276 g/mol. The molecule has 0 N–H and O–H groups in total. The number of rotatable bonds is 5. The SMILES string of the molecule is CC(C)CC(C)N(C)c1nc(Cl)nc(-n2cccn2)n1.